The number of carbonyl (C=O) groups excluding carboxylic acids is 1. The van der Waals surface area contributed by atoms with Crippen LogP contribution in [0.25, 0.3) is 0 Å². The first kappa shape index (κ1) is 28.8. The molecule has 9 nitrogen and oxygen atoms in total. The lowest BCUT2D eigenvalue weighted by Gasteiger charge is -2.45. The van der Waals surface area contributed by atoms with E-state index in [0.717, 1.165) is 10.4 Å². The summed E-state index contributed by atoms with van der Waals surface area (Å²) in [5, 5.41) is 1.69. The summed E-state index contributed by atoms with van der Waals surface area (Å²) in [4.78, 5) is 39.7. The Labute approximate surface area is 228 Å². The van der Waals surface area contributed by atoms with Crippen molar-refractivity contribution in [1.82, 2.24) is 9.55 Å². The Morgan fingerprint density at radius 3 is 2.08 bits per heavy atom. The number of aldehydes is 1. The first-order chi connectivity index (χ1) is 18.6. The quantitative estimate of drug-likeness (QED) is 0.233. The topological polar surface area (TPSA) is 109 Å². The maximum atomic E-state index is 12.9. The summed E-state index contributed by atoms with van der Waals surface area (Å²) in [5.41, 5.74) is -0.822. The molecule has 2 aromatic carbocycles. The fourth-order valence-corrected chi connectivity index (χ4v) is 9.94. The van der Waals surface area contributed by atoms with Crippen molar-refractivity contribution in [2.75, 3.05) is 20.3 Å². The van der Waals surface area contributed by atoms with Crippen molar-refractivity contribution in [2.45, 2.75) is 57.3 Å². The fourth-order valence-electron chi connectivity index (χ4n) is 5.25. The van der Waals surface area contributed by atoms with Crippen LogP contribution in [0.1, 0.15) is 32.6 Å². The molecule has 208 valence electrons. The second kappa shape index (κ2) is 11.9. The Hall–Kier alpha value is -3.15. The zero-order valence-corrected chi connectivity index (χ0v) is 24.0. The molecule has 1 aliphatic rings. The molecule has 1 aromatic heterocycles. The summed E-state index contributed by atoms with van der Waals surface area (Å²) in [6.45, 7) is 8.49. The molecule has 0 saturated carbocycles. The molecule has 1 aliphatic heterocycles. The molecule has 4 rings (SSSR count). The number of H-pyrrole nitrogens is 1. The Bertz CT molecular complexity index is 1330. The van der Waals surface area contributed by atoms with Crippen LogP contribution in [0.3, 0.4) is 0 Å². The Morgan fingerprint density at radius 2 is 1.56 bits per heavy atom. The molecule has 2 heterocycles. The average molecular weight is 553 g/mol. The van der Waals surface area contributed by atoms with Crippen LogP contribution in [0.4, 0.5) is 0 Å². The molecule has 0 aliphatic carbocycles. The normalized spacial score (nSPS) is 21.7. The van der Waals surface area contributed by atoms with Crippen LogP contribution in [-0.2, 0) is 23.4 Å². The van der Waals surface area contributed by atoms with Crippen molar-refractivity contribution in [3.05, 3.63) is 93.3 Å². The molecule has 3 aromatic rings. The molecule has 39 heavy (non-hydrogen) atoms. The molecule has 1 N–H and O–H groups in total. The van der Waals surface area contributed by atoms with E-state index in [1.807, 2.05) is 36.4 Å². The van der Waals surface area contributed by atoms with Gasteiger partial charge >= 0.3 is 5.69 Å². The second-order valence-electron chi connectivity index (χ2n) is 10.7. The molecule has 0 unspecified atom stereocenters. The highest BCUT2D eigenvalue weighted by Gasteiger charge is 2.57. The van der Waals surface area contributed by atoms with Gasteiger partial charge in [0, 0.05) is 18.9 Å². The monoisotopic (exact) mass is 552 g/mol. The van der Waals surface area contributed by atoms with E-state index < -0.39 is 44.1 Å². The Balaban J connectivity index is 1.89. The van der Waals surface area contributed by atoms with Crippen molar-refractivity contribution in [2.24, 2.45) is 0 Å². The second-order valence-corrected chi connectivity index (χ2v) is 14.9. The highest BCUT2D eigenvalue weighted by Crippen LogP contribution is 2.41. The van der Waals surface area contributed by atoms with Crippen LogP contribution < -0.4 is 21.6 Å². The smallest absolute Gasteiger partial charge is 0.330 e. The van der Waals surface area contributed by atoms with Crippen LogP contribution in [-0.4, -0.2) is 62.8 Å². The number of aryl methyl sites for hydroxylation is 1. The molecule has 0 amide bonds. The molecular formula is C29H36N2O7Si. The van der Waals surface area contributed by atoms with Gasteiger partial charge in [-0.15, -0.1) is 0 Å². The van der Waals surface area contributed by atoms with Gasteiger partial charge in [-0.2, -0.15) is 0 Å². The minimum atomic E-state index is -3.12. The third kappa shape index (κ3) is 5.61. The van der Waals surface area contributed by atoms with Gasteiger partial charge in [0.25, 0.3) is 13.9 Å². The third-order valence-electron chi connectivity index (χ3n) is 7.11. The van der Waals surface area contributed by atoms with E-state index in [1.54, 1.807) is 14.0 Å². The molecule has 0 spiro atoms. The van der Waals surface area contributed by atoms with Crippen LogP contribution >= 0.6 is 0 Å². The lowest BCUT2D eigenvalue weighted by molar-refractivity contribution is -0.122. The predicted molar refractivity (Wildman–Crippen MR) is 150 cm³/mol. The van der Waals surface area contributed by atoms with Gasteiger partial charge < -0.3 is 23.4 Å². The maximum Gasteiger partial charge on any atom is 0.330 e. The van der Waals surface area contributed by atoms with Gasteiger partial charge in [-0.3, -0.25) is 14.3 Å². The van der Waals surface area contributed by atoms with Crippen LogP contribution in [0, 0.1) is 6.92 Å². The van der Waals surface area contributed by atoms with E-state index in [9.17, 15) is 14.4 Å². The molecule has 10 heteroatoms. The van der Waals surface area contributed by atoms with E-state index in [-0.39, 0.29) is 11.6 Å². The fraction of sp³-hybridized carbons (Fsp3) is 0.414. The van der Waals surface area contributed by atoms with Crippen molar-refractivity contribution in [3.63, 3.8) is 0 Å². The van der Waals surface area contributed by atoms with E-state index in [2.05, 4.69) is 50.0 Å². The van der Waals surface area contributed by atoms with E-state index in [0.29, 0.717) is 18.5 Å². The molecule has 4 atom stereocenters. The van der Waals surface area contributed by atoms with Gasteiger partial charge in [0.05, 0.1) is 13.2 Å². The average Bonchev–Trinajstić information content (AvgIpc) is 3.26. The van der Waals surface area contributed by atoms with Gasteiger partial charge in [0.15, 0.2) is 12.5 Å². The van der Waals surface area contributed by atoms with E-state index >= 15 is 0 Å². The number of nitrogens with one attached hydrogen (secondary N) is 1. The summed E-state index contributed by atoms with van der Waals surface area (Å²) >= 11 is 0. The van der Waals surface area contributed by atoms with Gasteiger partial charge in [-0.1, -0.05) is 81.4 Å². The van der Waals surface area contributed by atoms with Crippen LogP contribution in [0.2, 0.25) is 5.04 Å². The summed E-state index contributed by atoms with van der Waals surface area (Å²) < 4.78 is 26.1. The number of hydrogen-bond donors (Lipinski definition) is 1. The number of methoxy groups -OCH3 is 1. The van der Waals surface area contributed by atoms with Gasteiger partial charge in [-0.05, 0) is 22.3 Å². The highest BCUT2D eigenvalue weighted by molar-refractivity contribution is 6.99. The van der Waals surface area contributed by atoms with Gasteiger partial charge in [0.1, 0.15) is 18.3 Å². The maximum absolute atomic E-state index is 12.9. The Kier molecular flexibility index (Phi) is 8.82. The minimum Gasteiger partial charge on any atom is -0.398 e. The number of nitrogens with zero attached hydrogens (tertiary/aromatic N) is 1. The van der Waals surface area contributed by atoms with Crippen molar-refractivity contribution in [3.8, 4) is 0 Å². The Morgan fingerprint density at radius 1 is 0.974 bits per heavy atom. The standard InChI is InChI=1S/C29H36N2O7Si/c1-20-18-31(28(34)30-26(20)33)27-25(36-17-16-35-5)24(23(19-32)37-27)38-39(29(2,3)4,21-12-8-6-9-13-21)22-14-10-7-11-15-22/h6-15,18-19,23-25,27H,16-17H2,1-5H3,(H,30,33,34)/t23-,24-,25-,27-/m1/s1. The first-order valence-electron chi connectivity index (χ1n) is 13.0. The predicted octanol–water partition coefficient (Wildman–Crippen LogP) is 1.92. The summed E-state index contributed by atoms with van der Waals surface area (Å²) in [6.07, 6.45) is -1.62. The molecule has 1 saturated heterocycles. The summed E-state index contributed by atoms with van der Waals surface area (Å²) in [7, 11) is -1.56. The summed E-state index contributed by atoms with van der Waals surface area (Å²) in [6, 6.07) is 20.1. The molecule has 0 radical (unpaired) electrons. The highest BCUT2D eigenvalue weighted by atomic mass is 28.4. The zero-order chi connectivity index (χ0) is 28.2. The third-order valence-corrected chi connectivity index (χ3v) is 12.1. The number of aromatic amines is 1. The SMILES string of the molecule is COCCO[C@@H]1[C@H](O[Si](c2ccccc2)(c2ccccc2)C(C)(C)C)[C@@H](C=O)O[C@H]1n1cc(C)c(=O)[nH]c1=O. The molecule has 1 fully saturated rings. The number of carbonyl (C=O) groups is 1. The number of rotatable bonds is 10. The van der Waals surface area contributed by atoms with E-state index in [1.165, 1.54) is 10.8 Å². The van der Waals surface area contributed by atoms with Gasteiger partial charge in [-0.25, -0.2) is 4.79 Å². The van der Waals surface area contributed by atoms with Crippen molar-refractivity contribution >= 4 is 25.0 Å². The minimum absolute atomic E-state index is 0.185. The summed E-state index contributed by atoms with van der Waals surface area (Å²) in [5.74, 6) is 0. The van der Waals surface area contributed by atoms with Gasteiger partial charge in [0.2, 0.25) is 0 Å². The largest absolute Gasteiger partial charge is 0.398 e. The van der Waals surface area contributed by atoms with Crippen LogP contribution in [0.5, 0.6) is 0 Å². The molecular weight excluding hydrogens is 516 g/mol. The lowest BCUT2D eigenvalue weighted by Crippen LogP contribution is -2.69. The number of benzene rings is 2. The van der Waals surface area contributed by atoms with E-state index in [4.69, 9.17) is 18.6 Å². The lowest BCUT2D eigenvalue weighted by atomic mass is 10.1. The molecule has 0 bridgehead atoms. The zero-order valence-electron chi connectivity index (χ0n) is 23.0. The van der Waals surface area contributed by atoms with Crippen molar-refractivity contribution < 1.29 is 23.4 Å². The number of aromatic nitrogens is 2. The number of hydrogen-bond acceptors (Lipinski definition) is 7. The van der Waals surface area contributed by atoms with Crippen molar-refractivity contribution in [1.29, 1.82) is 0 Å². The number of ether oxygens (including phenoxy) is 3. The van der Waals surface area contributed by atoms with Crippen LogP contribution in [0.15, 0.2) is 76.4 Å². The first-order valence-corrected chi connectivity index (χ1v) is 14.9.